The van der Waals surface area contributed by atoms with Crippen molar-refractivity contribution in [2.24, 2.45) is 0 Å². The first kappa shape index (κ1) is 23.5. The summed E-state index contributed by atoms with van der Waals surface area (Å²) in [6, 6.07) is 19.6. The summed E-state index contributed by atoms with van der Waals surface area (Å²) in [5, 5.41) is 7.49. The lowest BCUT2D eigenvalue weighted by atomic mass is 9.92. The van der Waals surface area contributed by atoms with Crippen molar-refractivity contribution in [1.29, 1.82) is 0 Å². The fourth-order valence-corrected chi connectivity index (χ4v) is 4.62. The molecule has 6 heteroatoms. The first-order valence-corrected chi connectivity index (χ1v) is 12.1. The molecular formula is C30H30N4O2. The van der Waals surface area contributed by atoms with Crippen LogP contribution < -0.4 is 10.2 Å². The first-order valence-electron chi connectivity index (χ1n) is 12.1. The van der Waals surface area contributed by atoms with Gasteiger partial charge >= 0.3 is 6.03 Å². The van der Waals surface area contributed by atoms with E-state index in [-0.39, 0.29) is 6.03 Å². The van der Waals surface area contributed by atoms with Crippen LogP contribution in [0, 0.1) is 34.6 Å². The predicted molar refractivity (Wildman–Crippen MR) is 143 cm³/mol. The van der Waals surface area contributed by atoms with E-state index in [1.54, 1.807) is 4.90 Å². The predicted octanol–water partition coefficient (Wildman–Crippen LogP) is 6.98. The zero-order valence-electron chi connectivity index (χ0n) is 21.5. The van der Waals surface area contributed by atoms with E-state index in [0.717, 1.165) is 44.8 Å². The topological polar surface area (TPSA) is 71.3 Å². The third-order valence-corrected chi connectivity index (χ3v) is 7.03. The van der Waals surface area contributed by atoms with Crippen LogP contribution in [-0.4, -0.2) is 16.2 Å². The van der Waals surface area contributed by atoms with Gasteiger partial charge in [0, 0.05) is 11.3 Å². The van der Waals surface area contributed by atoms with Crippen LogP contribution >= 0.6 is 0 Å². The number of amides is 2. The molecule has 3 aromatic carbocycles. The number of aromatic nitrogens is 2. The fraction of sp³-hybridized carbons (Fsp3) is 0.233. The van der Waals surface area contributed by atoms with Crippen molar-refractivity contribution in [1.82, 2.24) is 15.5 Å². The number of nitrogens with one attached hydrogen (secondary N) is 1. The van der Waals surface area contributed by atoms with Crippen molar-refractivity contribution in [2.75, 3.05) is 4.90 Å². The molecule has 2 amide bonds. The molecule has 1 atom stereocenters. The van der Waals surface area contributed by atoms with Crippen LogP contribution in [0.25, 0.3) is 17.0 Å². The van der Waals surface area contributed by atoms with E-state index in [9.17, 15) is 4.79 Å². The van der Waals surface area contributed by atoms with Crippen LogP contribution in [0.15, 0.2) is 70.9 Å². The zero-order valence-corrected chi connectivity index (χ0v) is 21.5. The van der Waals surface area contributed by atoms with Crippen molar-refractivity contribution in [3.63, 3.8) is 0 Å². The molecule has 0 aliphatic carbocycles. The summed E-state index contributed by atoms with van der Waals surface area (Å²) in [6.45, 7) is 12.2. The standard InChI is InChI=1S/C30H30N4O2/c1-17-8-7-9-24(14-17)28-32-29(36-33-28)26-22(6)34(25-13-11-19(3)21(5)16-25)30(35)31-27(26)23-12-10-18(2)20(4)15-23/h7-16,27H,1-6H3,(H,31,35). The minimum absolute atomic E-state index is 0.193. The van der Waals surface area contributed by atoms with E-state index in [0.29, 0.717) is 11.7 Å². The Balaban J connectivity index is 1.68. The van der Waals surface area contributed by atoms with Crippen LogP contribution in [0.2, 0.25) is 0 Å². The van der Waals surface area contributed by atoms with Gasteiger partial charge in [-0.25, -0.2) is 4.79 Å². The molecule has 0 saturated heterocycles. The van der Waals surface area contributed by atoms with E-state index in [4.69, 9.17) is 9.51 Å². The number of carbonyl (C=O) groups excluding carboxylic acids is 1. The Morgan fingerprint density at radius 2 is 1.56 bits per heavy atom. The third-order valence-electron chi connectivity index (χ3n) is 7.03. The highest BCUT2D eigenvalue weighted by atomic mass is 16.5. The van der Waals surface area contributed by atoms with Gasteiger partial charge < -0.3 is 9.84 Å². The molecule has 6 nitrogen and oxygen atoms in total. The molecule has 4 aromatic rings. The normalized spacial score (nSPS) is 15.9. The minimum Gasteiger partial charge on any atom is -0.334 e. The number of hydrogen-bond donors (Lipinski definition) is 1. The lowest BCUT2D eigenvalue weighted by Crippen LogP contribution is -2.46. The molecule has 5 rings (SSSR count). The summed E-state index contributed by atoms with van der Waals surface area (Å²) in [5.41, 5.74) is 9.94. The number of anilines is 1. The van der Waals surface area contributed by atoms with Crippen molar-refractivity contribution in [3.8, 4) is 11.4 Å². The summed E-state index contributed by atoms with van der Waals surface area (Å²) >= 11 is 0. The largest absolute Gasteiger partial charge is 0.334 e. The number of carbonyl (C=O) groups is 1. The number of rotatable bonds is 4. The Labute approximate surface area is 211 Å². The fourth-order valence-electron chi connectivity index (χ4n) is 4.62. The number of aryl methyl sites for hydroxylation is 5. The van der Waals surface area contributed by atoms with Gasteiger partial charge in [-0.3, -0.25) is 4.90 Å². The van der Waals surface area contributed by atoms with Gasteiger partial charge in [0.25, 0.3) is 5.89 Å². The molecule has 1 aromatic heterocycles. The highest BCUT2D eigenvalue weighted by Gasteiger charge is 2.36. The maximum atomic E-state index is 13.5. The van der Waals surface area contributed by atoms with Crippen molar-refractivity contribution in [3.05, 3.63) is 106 Å². The van der Waals surface area contributed by atoms with Crippen LogP contribution in [-0.2, 0) is 0 Å². The van der Waals surface area contributed by atoms with Crippen LogP contribution in [0.3, 0.4) is 0 Å². The quantitative estimate of drug-likeness (QED) is 0.343. The summed E-state index contributed by atoms with van der Waals surface area (Å²) in [6.07, 6.45) is 0. The summed E-state index contributed by atoms with van der Waals surface area (Å²) in [5.74, 6) is 0.906. The molecule has 0 spiro atoms. The second kappa shape index (κ2) is 9.11. The SMILES string of the molecule is CC1=C(c2nc(-c3cccc(C)c3)no2)C(c2ccc(C)c(C)c2)NC(=O)N1c1ccc(C)c(C)c1. The molecule has 1 unspecified atom stereocenters. The molecule has 182 valence electrons. The van der Waals surface area contributed by atoms with Crippen molar-refractivity contribution in [2.45, 2.75) is 47.6 Å². The average Bonchev–Trinajstić information content (AvgIpc) is 3.32. The molecule has 36 heavy (non-hydrogen) atoms. The van der Waals surface area contributed by atoms with Crippen molar-refractivity contribution < 1.29 is 9.32 Å². The van der Waals surface area contributed by atoms with Gasteiger partial charge in [-0.05, 0) is 87.6 Å². The highest BCUT2D eigenvalue weighted by molar-refractivity contribution is 6.01. The second-order valence-electron chi connectivity index (χ2n) is 9.62. The van der Waals surface area contributed by atoms with Gasteiger partial charge in [0.2, 0.25) is 5.82 Å². The molecule has 0 bridgehead atoms. The number of urea groups is 1. The first-order chi connectivity index (χ1) is 17.2. The van der Waals surface area contributed by atoms with E-state index < -0.39 is 6.04 Å². The lowest BCUT2D eigenvalue weighted by molar-refractivity contribution is 0.244. The highest BCUT2D eigenvalue weighted by Crippen LogP contribution is 2.39. The Morgan fingerprint density at radius 1 is 0.833 bits per heavy atom. The molecule has 1 aliphatic heterocycles. The number of benzene rings is 3. The van der Waals surface area contributed by atoms with E-state index >= 15 is 0 Å². The molecule has 0 radical (unpaired) electrons. The monoisotopic (exact) mass is 478 g/mol. The Hall–Kier alpha value is -4.19. The molecule has 1 N–H and O–H groups in total. The van der Waals surface area contributed by atoms with Gasteiger partial charge in [0.1, 0.15) is 0 Å². The van der Waals surface area contributed by atoms with E-state index in [2.05, 4.69) is 43.4 Å². The number of nitrogens with zero attached hydrogens (tertiary/aromatic N) is 3. The number of hydrogen-bond acceptors (Lipinski definition) is 4. The minimum atomic E-state index is -0.426. The summed E-state index contributed by atoms with van der Waals surface area (Å²) in [7, 11) is 0. The van der Waals surface area contributed by atoms with Crippen LogP contribution in [0.1, 0.15) is 52.2 Å². The summed E-state index contributed by atoms with van der Waals surface area (Å²) < 4.78 is 5.84. The van der Waals surface area contributed by atoms with Gasteiger partial charge in [-0.1, -0.05) is 53.2 Å². The van der Waals surface area contributed by atoms with E-state index in [1.165, 1.54) is 11.1 Å². The zero-order chi connectivity index (χ0) is 25.6. The van der Waals surface area contributed by atoms with E-state index in [1.807, 2.05) is 69.3 Å². The molecule has 0 saturated carbocycles. The molecule has 0 fully saturated rings. The maximum absolute atomic E-state index is 13.5. The molecular weight excluding hydrogens is 448 g/mol. The van der Waals surface area contributed by atoms with Crippen LogP contribution in [0.4, 0.5) is 10.5 Å². The number of allylic oxidation sites excluding steroid dienone is 1. The van der Waals surface area contributed by atoms with Gasteiger partial charge in [0.05, 0.1) is 17.3 Å². The average molecular weight is 479 g/mol. The summed E-state index contributed by atoms with van der Waals surface area (Å²) in [4.78, 5) is 20.0. The second-order valence-corrected chi connectivity index (χ2v) is 9.62. The van der Waals surface area contributed by atoms with Crippen LogP contribution in [0.5, 0.6) is 0 Å². The Kier molecular flexibility index (Phi) is 5.96. The van der Waals surface area contributed by atoms with Gasteiger partial charge in [-0.15, -0.1) is 0 Å². The smallest absolute Gasteiger partial charge is 0.326 e. The lowest BCUT2D eigenvalue weighted by Gasteiger charge is -2.35. The Bertz CT molecular complexity index is 1520. The Morgan fingerprint density at radius 3 is 2.25 bits per heavy atom. The molecule has 1 aliphatic rings. The van der Waals surface area contributed by atoms with Gasteiger partial charge in [0.15, 0.2) is 0 Å². The third kappa shape index (κ3) is 4.19. The van der Waals surface area contributed by atoms with Crippen molar-refractivity contribution >= 4 is 17.3 Å². The maximum Gasteiger partial charge on any atom is 0.326 e. The molecule has 2 heterocycles. The van der Waals surface area contributed by atoms with Gasteiger partial charge in [-0.2, -0.15) is 4.98 Å².